The summed E-state index contributed by atoms with van der Waals surface area (Å²) in [5.41, 5.74) is 0.861. The minimum Gasteiger partial charge on any atom is -0.467 e. The summed E-state index contributed by atoms with van der Waals surface area (Å²) in [7, 11) is 0. The SMILES string of the molecule is CCNCc1cc(F)cnc1N(CC)Cc1ccco1. The van der Waals surface area contributed by atoms with Crippen molar-refractivity contribution >= 4 is 5.82 Å². The second kappa shape index (κ2) is 7.05. The summed E-state index contributed by atoms with van der Waals surface area (Å²) in [5, 5.41) is 3.21. The third kappa shape index (κ3) is 3.57. The second-order valence-corrected chi connectivity index (χ2v) is 4.51. The fourth-order valence-electron chi connectivity index (χ4n) is 2.08. The molecule has 0 aliphatic heterocycles. The molecule has 0 saturated heterocycles. The summed E-state index contributed by atoms with van der Waals surface area (Å²) in [6.45, 7) is 6.91. The van der Waals surface area contributed by atoms with Crippen molar-refractivity contribution in [3.8, 4) is 0 Å². The number of nitrogens with zero attached hydrogens (tertiary/aromatic N) is 2. The van der Waals surface area contributed by atoms with Gasteiger partial charge in [0.05, 0.1) is 19.0 Å². The van der Waals surface area contributed by atoms with Gasteiger partial charge in [0, 0.05) is 18.7 Å². The molecular formula is C15H20FN3O. The smallest absolute Gasteiger partial charge is 0.141 e. The van der Waals surface area contributed by atoms with Crippen LogP contribution in [0.1, 0.15) is 25.2 Å². The lowest BCUT2D eigenvalue weighted by Gasteiger charge is -2.23. The summed E-state index contributed by atoms with van der Waals surface area (Å²) in [6, 6.07) is 5.33. The van der Waals surface area contributed by atoms with Crippen LogP contribution in [0.4, 0.5) is 10.2 Å². The van der Waals surface area contributed by atoms with E-state index in [4.69, 9.17) is 4.42 Å². The van der Waals surface area contributed by atoms with Crippen molar-refractivity contribution in [3.63, 3.8) is 0 Å². The van der Waals surface area contributed by atoms with Crippen molar-refractivity contribution in [2.24, 2.45) is 0 Å². The number of pyridine rings is 1. The van der Waals surface area contributed by atoms with Gasteiger partial charge in [-0.2, -0.15) is 0 Å². The Morgan fingerprint density at radius 1 is 1.40 bits per heavy atom. The Hall–Kier alpha value is -1.88. The quantitative estimate of drug-likeness (QED) is 0.845. The van der Waals surface area contributed by atoms with Crippen molar-refractivity contribution in [2.75, 3.05) is 18.0 Å². The summed E-state index contributed by atoms with van der Waals surface area (Å²) in [4.78, 5) is 6.33. The number of hydrogen-bond donors (Lipinski definition) is 1. The van der Waals surface area contributed by atoms with E-state index in [-0.39, 0.29) is 5.82 Å². The Labute approximate surface area is 118 Å². The molecule has 2 rings (SSSR count). The molecule has 0 bridgehead atoms. The first kappa shape index (κ1) is 14.5. The molecule has 0 amide bonds. The van der Waals surface area contributed by atoms with E-state index in [1.807, 2.05) is 26.0 Å². The molecule has 0 atom stereocenters. The number of rotatable bonds is 7. The molecule has 0 aliphatic carbocycles. The summed E-state index contributed by atoms with van der Waals surface area (Å²) >= 11 is 0. The molecule has 0 saturated carbocycles. The first-order valence-electron chi connectivity index (χ1n) is 6.87. The van der Waals surface area contributed by atoms with E-state index in [1.54, 1.807) is 6.26 Å². The third-order valence-corrected chi connectivity index (χ3v) is 3.08. The zero-order chi connectivity index (χ0) is 14.4. The number of anilines is 1. The molecule has 0 radical (unpaired) electrons. The molecular weight excluding hydrogens is 257 g/mol. The molecule has 0 fully saturated rings. The summed E-state index contributed by atoms with van der Waals surface area (Å²) in [5.74, 6) is 1.36. The topological polar surface area (TPSA) is 41.3 Å². The zero-order valence-corrected chi connectivity index (χ0v) is 11.9. The average molecular weight is 277 g/mol. The van der Waals surface area contributed by atoms with Gasteiger partial charge in [-0.15, -0.1) is 0 Å². The molecule has 5 heteroatoms. The van der Waals surface area contributed by atoms with Crippen LogP contribution in [0.2, 0.25) is 0 Å². The Balaban J connectivity index is 2.23. The van der Waals surface area contributed by atoms with E-state index < -0.39 is 0 Å². The van der Waals surface area contributed by atoms with E-state index >= 15 is 0 Å². The number of nitrogens with one attached hydrogen (secondary N) is 1. The normalized spacial score (nSPS) is 10.8. The minimum atomic E-state index is -0.310. The molecule has 0 unspecified atom stereocenters. The number of furan rings is 1. The third-order valence-electron chi connectivity index (χ3n) is 3.08. The standard InChI is InChI=1S/C15H20FN3O/c1-3-17-9-12-8-13(16)10-18-15(12)19(4-2)11-14-6-5-7-20-14/h5-8,10,17H,3-4,9,11H2,1-2H3. The minimum absolute atomic E-state index is 0.310. The summed E-state index contributed by atoms with van der Waals surface area (Å²) < 4.78 is 18.8. The predicted octanol–water partition coefficient (Wildman–Crippen LogP) is 2.95. The van der Waals surface area contributed by atoms with Crippen LogP contribution in [0, 0.1) is 5.82 Å². The Morgan fingerprint density at radius 3 is 2.90 bits per heavy atom. The lowest BCUT2D eigenvalue weighted by atomic mass is 10.2. The Bertz CT molecular complexity index is 528. The predicted molar refractivity (Wildman–Crippen MR) is 77.0 cm³/mol. The van der Waals surface area contributed by atoms with Crippen molar-refractivity contribution in [1.82, 2.24) is 10.3 Å². The number of halogens is 1. The Kier molecular flexibility index (Phi) is 5.12. The van der Waals surface area contributed by atoms with Gasteiger partial charge in [-0.3, -0.25) is 0 Å². The molecule has 20 heavy (non-hydrogen) atoms. The van der Waals surface area contributed by atoms with Crippen LogP contribution in [-0.2, 0) is 13.1 Å². The molecule has 2 heterocycles. The number of hydrogen-bond acceptors (Lipinski definition) is 4. The monoisotopic (exact) mass is 277 g/mol. The molecule has 108 valence electrons. The van der Waals surface area contributed by atoms with E-state index in [0.29, 0.717) is 13.1 Å². The fraction of sp³-hybridized carbons (Fsp3) is 0.400. The maximum absolute atomic E-state index is 13.4. The lowest BCUT2D eigenvalue weighted by molar-refractivity contribution is 0.502. The van der Waals surface area contributed by atoms with Crippen LogP contribution in [0.25, 0.3) is 0 Å². The van der Waals surface area contributed by atoms with E-state index in [2.05, 4.69) is 15.2 Å². The van der Waals surface area contributed by atoms with Gasteiger partial charge < -0.3 is 14.6 Å². The molecule has 0 aliphatic rings. The van der Waals surface area contributed by atoms with Gasteiger partial charge in [0.1, 0.15) is 17.4 Å². The van der Waals surface area contributed by atoms with Crippen molar-refractivity contribution in [2.45, 2.75) is 26.9 Å². The molecule has 0 spiro atoms. The summed E-state index contributed by atoms with van der Waals surface area (Å²) in [6.07, 6.45) is 2.91. The number of aromatic nitrogens is 1. The van der Waals surface area contributed by atoms with Gasteiger partial charge in [-0.05, 0) is 31.7 Å². The van der Waals surface area contributed by atoms with E-state index in [1.165, 1.54) is 12.3 Å². The van der Waals surface area contributed by atoms with Crippen LogP contribution in [0.3, 0.4) is 0 Å². The first-order chi connectivity index (χ1) is 9.74. The lowest BCUT2D eigenvalue weighted by Crippen LogP contribution is -2.25. The highest BCUT2D eigenvalue weighted by Crippen LogP contribution is 2.20. The molecule has 4 nitrogen and oxygen atoms in total. The van der Waals surface area contributed by atoms with Gasteiger partial charge in [0.15, 0.2) is 0 Å². The van der Waals surface area contributed by atoms with Gasteiger partial charge in [-0.25, -0.2) is 9.37 Å². The van der Waals surface area contributed by atoms with E-state index in [9.17, 15) is 4.39 Å². The highest BCUT2D eigenvalue weighted by molar-refractivity contribution is 5.47. The molecule has 2 aromatic heterocycles. The van der Waals surface area contributed by atoms with Crippen LogP contribution < -0.4 is 10.2 Å². The molecule has 2 aromatic rings. The first-order valence-corrected chi connectivity index (χ1v) is 6.87. The highest BCUT2D eigenvalue weighted by Gasteiger charge is 2.14. The van der Waals surface area contributed by atoms with Crippen LogP contribution in [-0.4, -0.2) is 18.1 Å². The molecule has 1 N–H and O–H groups in total. The van der Waals surface area contributed by atoms with Crippen molar-refractivity contribution in [3.05, 3.63) is 47.8 Å². The van der Waals surface area contributed by atoms with Crippen LogP contribution in [0.5, 0.6) is 0 Å². The van der Waals surface area contributed by atoms with Crippen molar-refractivity contribution in [1.29, 1.82) is 0 Å². The molecule has 0 aromatic carbocycles. The highest BCUT2D eigenvalue weighted by atomic mass is 19.1. The largest absolute Gasteiger partial charge is 0.467 e. The zero-order valence-electron chi connectivity index (χ0n) is 11.9. The van der Waals surface area contributed by atoms with Crippen LogP contribution >= 0.6 is 0 Å². The van der Waals surface area contributed by atoms with Gasteiger partial charge >= 0.3 is 0 Å². The second-order valence-electron chi connectivity index (χ2n) is 4.51. The van der Waals surface area contributed by atoms with Gasteiger partial charge in [-0.1, -0.05) is 6.92 Å². The van der Waals surface area contributed by atoms with Crippen LogP contribution in [0.15, 0.2) is 35.1 Å². The Morgan fingerprint density at radius 2 is 2.25 bits per heavy atom. The average Bonchev–Trinajstić information content (AvgIpc) is 2.96. The fourth-order valence-corrected chi connectivity index (χ4v) is 2.08. The van der Waals surface area contributed by atoms with Gasteiger partial charge in [0.25, 0.3) is 0 Å². The maximum atomic E-state index is 13.4. The van der Waals surface area contributed by atoms with E-state index in [0.717, 1.165) is 30.2 Å². The van der Waals surface area contributed by atoms with Gasteiger partial charge in [0.2, 0.25) is 0 Å². The van der Waals surface area contributed by atoms with Crippen molar-refractivity contribution < 1.29 is 8.81 Å². The maximum Gasteiger partial charge on any atom is 0.141 e.